The largest absolute Gasteiger partial charge is 0.487 e. The Hall–Kier alpha value is -1.55. The third-order valence-corrected chi connectivity index (χ3v) is 3.44. The van der Waals surface area contributed by atoms with Crippen molar-refractivity contribution in [3.8, 4) is 11.5 Å². The van der Waals surface area contributed by atoms with Gasteiger partial charge < -0.3 is 18.5 Å². The van der Waals surface area contributed by atoms with Gasteiger partial charge in [-0.2, -0.15) is 0 Å². The van der Waals surface area contributed by atoms with Crippen LogP contribution in [-0.2, 0) is 13.8 Å². The summed E-state index contributed by atoms with van der Waals surface area (Å²) in [5.74, 6) is 0.959. The van der Waals surface area contributed by atoms with E-state index >= 15 is 0 Å². The molecule has 1 atom stereocenters. The van der Waals surface area contributed by atoms with Crippen LogP contribution >= 0.6 is 8.25 Å². The van der Waals surface area contributed by atoms with Crippen molar-refractivity contribution in [1.29, 1.82) is 0 Å². The molecule has 0 radical (unpaired) electrons. The monoisotopic (exact) mass is 296 g/mol. The molecule has 6 heteroatoms. The number of methoxy groups -OCH3 is 1. The fourth-order valence-corrected chi connectivity index (χ4v) is 2.26. The second-order valence-corrected chi connectivity index (χ2v) is 5.12. The van der Waals surface area contributed by atoms with Crippen LogP contribution in [0.4, 0.5) is 0 Å². The van der Waals surface area contributed by atoms with Crippen molar-refractivity contribution in [3.63, 3.8) is 0 Å². The molecule has 0 aliphatic carbocycles. The van der Waals surface area contributed by atoms with Crippen LogP contribution in [0.25, 0.3) is 10.8 Å². The minimum absolute atomic E-state index is 0.388. The van der Waals surface area contributed by atoms with E-state index in [0.717, 1.165) is 10.8 Å². The summed E-state index contributed by atoms with van der Waals surface area (Å²) in [7, 11) is 0.362. The van der Waals surface area contributed by atoms with Crippen LogP contribution in [0.3, 0.4) is 0 Å². The Bertz CT molecular complexity index is 599. The molecule has 0 bridgehead atoms. The minimum atomic E-state index is -2.58. The molecule has 1 unspecified atom stereocenters. The minimum Gasteiger partial charge on any atom is -0.487 e. The number of fused-ring (bicyclic) bond motifs is 1. The van der Waals surface area contributed by atoms with Crippen LogP contribution in [0, 0.1) is 0 Å². The molecule has 0 aromatic heterocycles. The summed E-state index contributed by atoms with van der Waals surface area (Å²) in [6.07, 6.45) is 0. The second kappa shape index (κ2) is 7.29. The molecule has 2 aromatic carbocycles. The molecule has 0 saturated carbocycles. The van der Waals surface area contributed by atoms with Gasteiger partial charge >= 0.3 is 8.25 Å². The summed E-state index contributed by atoms with van der Waals surface area (Å²) in [6, 6.07) is 11.4. The van der Waals surface area contributed by atoms with Gasteiger partial charge in [0.15, 0.2) is 11.5 Å². The molecule has 2 aromatic rings. The molecule has 0 spiro atoms. The van der Waals surface area contributed by atoms with Gasteiger partial charge in [-0.3, -0.25) is 0 Å². The van der Waals surface area contributed by atoms with Crippen molar-refractivity contribution in [2.45, 2.75) is 0 Å². The van der Waals surface area contributed by atoms with Crippen molar-refractivity contribution < 1.29 is 23.1 Å². The van der Waals surface area contributed by atoms with Crippen molar-refractivity contribution >= 4 is 19.0 Å². The molecule has 2 rings (SSSR count). The predicted molar refractivity (Wildman–Crippen MR) is 78.0 cm³/mol. The molecule has 108 valence electrons. The maximum Gasteiger partial charge on any atom is 0.367 e. The Morgan fingerprint density at radius 3 is 2.60 bits per heavy atom. The molecule has 0 fully saturated rings. The fraction of sp³-hybridized carbons (Fsp3) is 0.286. The summed E-state index contributed by atoms with van der Waals surface area (Å²) in [5, 5.41) is 1.81. The Kier molecular flexibility index (Phi) is 5.41. The van der Waals surface area contributed by atoms with Crippen LogP contribution in [0.1, 0.15) is 0 Å². The highest BCUT2D eigenvalue weighted by Crippen LogP contribution is 2.40. The summed E-state index contributed by atoms with van der Waals surface area (Å²) in [4.78, 5) is 0. The summed E-state index contributed by atoms with van der Waals surface area (Å²) < 4.78 is 32.2. The van der Waals surface area contributed by atoms with Gasteiger partial charge in [0, 0.05) is 19.6 Å². The number of hydrogen-bond donors (Lipinski definition) is 0. The standard InChI is InChI=1S/C14H17O5P/c1-16-9-10-18-13-8-7-11-5-3-4-6-12(11)14(13)19-20(15)17-2/h3-8,20H,9-10H2,1-2H3. The average molecular weight is 296 g/mol. The van der Waals surface area contributed by atoms with Crippen molar-refractivity contribution in [3.05, 3.63) is 36.4 Å². The van der Waals surface area contributed by atoms with Gasteiger partial charge in [-0.1, -0.05) is 30.3 Å². The molecular weight excluding hydrogens is 279 g/mol. The maximum absolute atomic E-state index is 11.6. The predicted octanol–water partition coefficient (Wildman–Crippen LogP) is 3.28. The second-order valence-electron chi connectivity index (χ2n) is 4.01. The topological polar surface area (TPSA) is 54.0 Å². The Morgan fingerprint density at radius 2 is 1.85 bits per heavy atom. The number of ether oxygens (including phenoxy) is 2. The lowest BCUT2D eigenvalue weighted by molar-refractivity contribution is 0.145. The van der Waals surface area contributed by atoms with Gasteiger partial charge in [0.05, 0.1) is 6.61 Å². The first-order valence-electron chi connectivity index (χ1n) is 6.15. The van der Waals surface area contributed by atoms with Crippen molar-refractivity contribution in [2.24, 2.45) is 0 Å². The molecule has 20 heavy (non-hydrogen) atoms. The quantitative estimate of drug-likeness (QED) is 0.579. The first kappa shape index (κ1) is 14.9. The third kappa shape index (κ3) is 3.51. The summed E-state index contributed by atoms with van der Waals surface area (Å²) >= 11 is 0. The smallest absolute Gasteiger partial charge is 0.367 e. The maximum atomic E-state index is 11.6. The van der Waals surface area contributed by atoms with E-state index < -0.39 is 8.25 Å². The number of rotatable bonds is 7. The lowest BCUT2D eigenvalue weighted by Crippen LogP contribution is -2.05. The lowest BCUT2D eigenvalue weighted by atomic mass is 10.1. The molecule has 0 heterocycles. The molecule has 0 N–H and O–H groups in total. The van der Waals surface area contributed by atoms with E-state index in [4.69, 9.17) is 18.5 Å². The highest BCUT2D eigenvalue weighted by atomic mass is 31.1. The summed E-state index contributed by atoms with van der Waals surface area (Å²) in [6.45, 7) is 0.852. The number of hydrogen-bond acceptors (Lipinski definition) is 5. The van der Waals surface area contributed by atoms with E-state index in [0.29, 0.717) is 24.7 Å². The first-order chi connectivity index (χ1) is 9.76. The van der Waals surface area contributed by atoms with Crippen LogP contribution in [0.2, 0.25) is 0 Å². The normalized spacial score (nSPS) is 12.3. The Morgan fingerprint density at radius 1 is 1.05 bits per heavy atom. The zero-order valence-electron chi connectivity index (χ0n) is 11.4. The number of benzene rings is 2. The van der Waals surface area contributed by atoms with E-state index in [-0.39, 0.29) is 0 Å². The van der Waals surface area contributed by atoms with E-state index in [1.54, 1.807) is 13.2 Å². The van der Waals surface area contributed by atoms with E-state index in [1.807, 2.05) is 30.3 Å². The van der Waals surface area contributed by atoms with Crippen LogP contribution in [0.5, 0.6) is 11.5 Å². The zero-order chi connectivity index (χ0) is 14.4. The van der Waals surface area contributed by atoms with Gasteiger partial charge in [0.1, 0.15) is 6.61 Å². The molecule has 0 amide bonds. The van der Waals surface area contributed by atoms with Crippen molar-refractivity contribution in [2.75, 3.05) is 27.4 Å². The lowest BCUT2D eigenvalue weighted by Gasteiger charge is -2.14. The third-order valence-electron chi connectivity index (χ3n) is 2.74. The SMILES string of the molecule is COCCOc1ccc2ccccc2c1O[PH](=O)OC. The Labute approximate surface area is 118 Å². The van der Waals surface area contributed by atoms with Gasteiger partial charge in [0.2, 0.25) is 0 Å². The highest BCUT2D eigenvalue weighted by Gasteiger charge is 2.13. The van der Waals surface area contributed by atoms with Gasteiger partial charge in [-0.05, 0) is 11.5 Å². The zero-order valence-corrected chi connectivity index (χ0v) is 12.4. The van der Waals surface area contributed by atoms with Gasteiger partial charge in [-0.25, -0.2) is 4.57 Å². The molecule has 5 nitrogen and oxygen atoms in total. The molecule has 0 aliphatic rings. The van der Waals surface area contributed by atoms with E-state index in [2.05, 4.69) is 0 Å². The van der Waals surface area contributed by atoms with Crippen molar-refractivity contribution in [1.82, 2.24) is 0 Å². The van der Waals surface area contributed by atoms with Crippen LogP contribution in [-0.4, -0.2) is 27.4 Å². The molecule has 0 aliphatic heterocycles. The van der Waals surface area contributed by atoms with Crippen LogP contribution in [0.15, 0.2) is 36.4 Å². The van der Waals surface area contributed by atoms with E-state index in [1.165, 1.54) is 7.11 Å². The van der Waals surface area contributed by atoms with Crippen LogP contribution < -0.4 is 9.26 Å². The Balaban J connectivity index is 2.39. The average Bonchev–Trinajstić information content (AvgIpc) is 2.49. The van der Waals surface area contributed by atoms with Gasteiger partial charge in [0.25, 0.3) is 0 Å². The molecular formula is C14H17O5P. The molecule has 0 saturated heterocycles. The first-order valence-corrected chi connectivity index (χ1v) is 7.38. The summed E-state index contributed by atoms with van der Waals surface area (Å²) in [5.41, 5.74) is 0. The van der Waals surface area contributed by atoms with Gasteiger partial charge in [-0.15, -0.1) is 0 Å². The highest BCUT2D eigenvalue weighted by molar-refractivity contribution is 7.33. The fourth-order valence-electron chi connectivity index (χ4n) is 1.80. The van der Waals surface area contributed by atoms with E-state index in [9.17, 15) is 4.57 Å².